The molecule has 0 saturated carbocycles. The van der Waals surface area contributed by atoms with Crippen LogP contribution in [0.1, 0.15) is 27.4 Å². The summed E-state index contributed by atoms with van der Waals surface area (Å²) < 4.78 is 11.6. The molecule has 3 heterocycles. The molecule has 8 heteroatoms. The summed E-state index contributed by atoms with van der Waals surface area (Å²) >= 11 is 1.49. The third kappa shape index (κ3) is 3.22. The Labute approximate surface area is 146 Å². The zero-order chi connectivity index (χ0) is 18.0. The van der Waals surface area contributed by atoms with Crippen LogP contribution < -0.4 is 5.56 Å². The molecule has 3 rings (SSSR count). The first kappa shape index (κ1) is 16.7. The normalized spacial score (nSPS) is 10.4. The summed E-state index contributed by atoms with van der Waals surface area (Å²) in [5.74, 6) is 0.416. The average molecular weight is 355 g/mol. The largest absolute Gasteiger partial charge is 0.465 e. The molecule has 0 aliphatic carbocycles. The third-order valence-corrected chi connectivity index (χ3v) is 4.43. The number of aryl methyl sites for hydroxylation is 1. The van der Waals surface area contributed by atoms with Crippen LogP contribution in [0.3, 0.4) is 0 Å². The van der Waals surface area contributed by atoms with Gasteiger partial charge in [0.2, 0.25) is 5.89 Å². The van der Waals surface area contributed by atoms with Crippen molar-refractivity contribution >= 4 is 17.3 Å². The van der Waals surface area contributed by atoms with Crippen LogP contribution in [0.2, 0.25) is 0 Å². The van der Waals surface area contributed by atoms with Crippen LogP contribution in [0.25, 0.3) is 10.8 Å². The van der Waals surface area contributed by atoms with Crippen LogP contribution in [0.5, 0.6) is 0 Å². The van der Waals surface area contributed by atoms with Gasteiger partial charge in [-0.15, -0.1) is 11.3 Å². The average Bonchev–Trinajstić information content (AvgIpc) is 3.26. The minimum absolute atomic E-state index is 0.0824. The first-order chi connectivity index (χ1) is 12.0. The van der Waals surface area contributed by atoms with E-state index in [0.29, 0.717) is 17.3 Å². The molecule has 0 aliphatic rings. The number of rotatable bonds is 4. The summed E-state index contributed by atoms with van der Waals surface area (Å²) in [4.78, 5) is 29.4. The Morgan fingerprint density at radius 1 is 1.52 bits per heavy atom. The zero-order valence-electron chi connectivity index (χ0n) is 13.5. The maximum atomic E-state index is 12.3. The summed E-state index contributed by atoms with van der Waals surface area (Å²) in [6, 6.07) is 6.80. The number of oxazole rings is 1. The first-order valence-electron chi connectivity index (χ1n) is 7.26. The van der Waals surface area contributed by atoms with Crippen LogP contribution in [0, 0.1) is 18.3 Å². The van der Waals surface area contributed by atoms with E-state index in [1.54, 1.807) is 13.0 Å². The van der Waals surface area contributed by atoms with Crippen molar-refractivity contribution < 1.29 is 13.9 Å². The van der Waals surface area contributed by atoms with E-state index in [0.717, 1.165) is 4.88 Å². The first-order valence-corrected chi connectivity index (χ1v) is 8.14. The number of aromatic nitrogens is 2. The number of thiophene rings is 1. The highest BCUT2D eigenvalue weighted by atomic mass is 32.1. The molecular formula is C17H13N3O4S. The Balaban J connectivity index is 2.02. The smallest absolute Gasteiger partial charge is 0.339 e. The Bertz CT molecular complexity index is 1030. The molecule has 25 heavy (non-hydrogen) atoms. The summed E-state index contributed by atoms with van der Waals surface area (Å²) in [5, 5.41) is 11.0. The van der Waals surface area contributed by atoms with Gasteiger partial charge in [0.1, 0.15) is 23.1 Å². The Kier molecular flexibility index (Phi) is 4.50. The highest BCUT2D eigenvalue weighted by molar-refractivity contribution is 7.13. The number of hydrogen-bond acceptors (Lipinski definition) is 7. The van der Waals surface area contributed by atoms with E-state index in [9.17, 15) is 9.59 Å². The standard InChI is InChI=1S/C17H13N3O4S/c1-10-13(19-15(24-10)14-4-3-5-25-14)9-20-8-12(17(22)23-2)6-11(7-18)16(20)21/h3-6,8H,9H2,1-2H3. The summed E-state index contributed by atoms with van der Waals surface area (Å²) in [7, 11) is 1.24. The molecule has 126 valence electrons. The molecule has 0 radical (unpaired) electrons. The fourth-order valence-electron chi connectivity index (χ4n) is 2.30. The number of ether oxygens (including phenoxy) is 1. The number of nitrogens with zero attached hydrogens (tertiary/aromatic N) is 3. The number of esters is 1. The van der Waals surface area contributed by atoms with E-state index >= 15 is 0 Å². The summed E-state index contributed by atoms with van der Waals surface area (Å²) in [6.07, 6.45) is 1.36. The molecule has 0 N–H and O–H groups in total. The van der Waals surface area contributed by atoms with Crippen molar-refractivity contribution in [3.63, 3.8) is 0 Å². The number of pyridine rings is 1. The highest BCUT2D eigenvalue weighted by Crippen LogP contribution is 2.26. The van der Waals surface area contributed by atoms with Gasteiger partial charge >= 0.3 is 5.97 Å². The molecule has 0 saturated heterocycles. The topological polar surface area (TPSA) is 98.1 Å². The second-order valence-corrected chi connectivity index (χ2v) is 6.13. The molecule has 0 fully saturated rings. The molecule has 7 nitrogen and oxygen atoms in total. The van der Waals surface area contributed by atoms with Crippen molar-refractivity contribution in [1.82, 2.24) is 9.55 Å². The Morgan fingerprint density at radius 3 is 2.96 bits per heavy atom. The summed E-state index contributed by atoms with van der Waals surface area (Å²) in [5.41, 5.74) is 0.0347. The van der Waals surface area contributed by atoms with E-state index in [1.807, 2.05) is 17.5 Å². The van der Waals surface area contributed by atoms with E-state index in [-0.39, 0.29) is 17.7 Å². The van der Waals surface area contributed by atoms with Gasteiger partial charge in [-0.1, -0.05) is 6.07 Å². The van der Waals surface area contributed by atoms with Gasteiger partial charge in [-0.3, -0.25) is 4.79 Å². The van der Waals surface area contributed by atoms with Crippen molar-refractivity contribution in [1.29, 1.82) is 5.26 Å². The van der Waals surface area contributed by atoms with Crippen molar-refractivity contribution in [2.45, 2.75) is 13.5 Å². The molecule has 0 bridgehead atoms. The minimum Gasteiger partial charge on any atom is -0.465 e. The van der Waals surface area contributed by atoms with E-state index < -0.39 is 11.5 Å². The second-order valence-electron chi connectivity index (χ2n) is 5.18. The van der Waals surface area contributed by atoms with Crippen molar-refractivity contribution in [3.05, 3.63) is 62.7 Å². The third-order valence-electron chi connectivity index (χ3n) is 3.57. The molecule has 0 atom stereocenters. The number of methoxy groups -OCH3 is 1. The predicted molar refractivity (Wildman–Crippen MR) is 90.4 cm³/mol. The lowest BCUT2D eigenvalue weighted by molar-refractivity contribution is 0.0599. The second kappa shape index (κ2) is 6.75. The SMILES string of the molecule is COC(=O)c1cc(C#N)c(=O)n(Cc2nc(-c3cccs3)oc2C)c1. The maximum absolute atomic E-state index is 12.3. The van der Waals surface area contributed by atoms with Gasteiger partial charge in [-0.25, -0.2) is 9.78 Å². The van der Waals surface area contributed by atoms with Crippen molar-refractivity contribution in [2.24, 2.45) is 0 Å². The number of hydrogen-bond donors (Lipinski definition) is 0. The monoisotopic (exact) mass is 355 g/mol. The quantitative estimate of drug-likeness (QED) is 0.667. The molecule has 0 aliphatic heterocycles. The molecule has 3 aromatic heterocycles. The maximum Gasteiger partial charge on any atom is 0.339 e. The van der Waals surface area contributed by atoms with Crippen molar-refractivity contribution in [3.8, 4) is 16.8 Å². The lowest BCUT2D eigenvalue weighted by Crippen LogP contribution is -2.25. The lowest BCUT2D eigenvalue weighted by atomic mass is 10.2. The number of carbonyl (C=O) groups excluding carboxylic acids is 1. The van der Waals surface area contributed by atoms with Gasteiger partial charge < -0.3 is 13.7 Å². The minimum atomic E-state index is -0.624. The molecule has 0 aromatic carbocycles. The predicted octanol–water partition coefficient (Wildman–Crippen LogP) is 2.58. The van der Waals surface area contributed by atoms with Gasteiger partial charge in [0.15, 0.2) is 0 Å². The molecule has 0 unspecified atom stereocenters. The number of carbonyl (C=O) groups is 1. The fraction of sp³-hybridized carbons (Fsp3) is 0.176. The van der Waals surface area contributed by atoms with Crippen LogP contribution >= 0.6 is 11.3 Å². The Hall–Kier alpha value is -3.18. The molecule has 0 amide bonds. The van der Waals surface area contributed by atoms with E-state index in [1.165, 1.54) is 35.3 Å². The van der Waals surface area contributed by atoms with Gasteiger partial charge in [0.25, 0.3) is 5.56 Å². The van der Waals surface area contributed by atoms with Gasteiger partial charge in [0, 0.05) is 6.20 Å². The zero-order valence-corrected chi connectivity index (χ0v) is 14.3. The van der Waals surface area contributed by atoms with Crippen LogP contribution in [0.4, 0.5) is 0 Å². The van der Waals surface area contributed by atoms with Gasteiger partial charge in [0.05, 0.1) is 24.1 Å². The summed E-state index contributed by atoms with van der Waals surface area (Å²) in [6.45, 7) is 1.83. The van der Waals surface area contributed by atoms with Crippen LogP contribution in [0.15, 0.2) is 39.0 Å². The molecule has 3 aromatic rings. The molecular weight excluding hydrogens is 342 g/mol. The molecule has 0 spiro atoms. The van der Waals surface area contributed by atoms with E-state index in [2.05, 4.69) is 9.72 Å². The van der Waals surface area contributed by atoms with E-state index in [4.69, 9.17) is 9.68 Å². The van der Waals surface area contributed by atoms with Crippen LogP contribution in [-0.4, -0.2) is 22.6 Å². The Morgan fingerprint density at radius 2 is 2.32 bits per heavy atom. The van der Waals surface area contributed by atoms with Crippen LogP contribution in [-0.2, 0) is 11.3 Å². The number of nitriles is 1. The highest BCUT2D eigenvalue weighted by Gasteiger charge is 2.16. The van der Waals surface area contributed by atoms with Gasteiger partial charge in [-0.05, 0) is 24.4 Å². The lowest BCUT2D eigenvalue weighted by Gasteiger charge is -2.07. The van der Waals surface area contributed by atoms with Gasteiger partial charge in [-0.2, -0.15) is 5.26 Å². The van der Waals surface area contributed by atoms with Crippen molar-refractivity contribution in [2.75, 3.05) is 7.11 Å². The fourth-order valence-corrected chi connectivity index (χ4v) is 2.95.